The van der Waals surface area contributed by atoms with Crippen molar-refractivity contribution in [3.63, 3.8) is 0 Å². The van der Waals surface area contributed by atoms with Crippen molar-refractivity contribution in [3.05, 3.63) is 35.6 Å². The number of rotatable bonds is 2. The Labute approximate surface area is 129 Å². The van der Waals surface area contributed by atoms with Crippen LogP contribution in [-0.4, -0.2) is 34.7 Å². The molecule has 0 N–H and O–H groups in total. The molecule has 2 aliphatic rings. The number of nitrogens with zero attached hydrogens (tertiary/aromatic N) is 2. The molecule has 4 nitrogen and oxygen atoms in total. The number of benzene rings is 1. The zero-order valence-electron chi connectivity index (χ0n) is 13.0. The first kappa shape index (κ1) is 15.0. The standard InChI is InChI=1S/C17H21FN2O2/c1-12-5-3-4-10-20(12)16(21)17(2)11-15(19-22-17)13-6-8-14(18)9-7-13/h6-9,12H,3-5,10-11H2,1-2H3/t12-,17+/m1/s1. The van der Waals surface area contributed by atoms with Crippen LogP contribution in [0.3, 0.4) is 0 Å². The van der Waals surface area contributed by atoms with Crippen molar-refractivity contribution in [2.24, 2.45) is 5.16 Å². The molecule has 2 atom stereocenters. The van der Waals surface area contributed by atoms with Crippen LogP contribution in [0.5, 0.6) is 0 Å². The predicted molar refractivity (Wildman–Crippen MR) is 82.1 cm³/mol. The highest BCUT2D eigenvalue weighted by Crippen LogP contribution is 2.31. The van der Waals surface area contributed by atoms with Gasteiger partial charge in [-0.2, -0.15) is 0 Å². The molecule has 1 saturated heterocycles. The summed E-state index contributed by atoms with van der Waals surface area (Å²) in [5.74, 6) is -0.287. The lowest BCUT2D eigenvalue weighted by molar-refractivity contribution is -0.156. The molecule has 1 aromatic carbocycles. The van der Waals surface area contributed by atoms with Gasteiger partial charge in [0.25, 0.3) is 5.91 Å². The molecule has 1 fully saturated rings. The lowest BCUT2D eigenvalue weighted by Crippen LogP contribution is -2.52. The Hall–Kier alpha value is -1.91. The van der Waals surface area contributed by atoms with Crippen LogP contribution in [-0.2, 0) is 9.63 Å². The third-order valence-electron chi connectivity index (χ3n) is 4.56. The van der Waals surface area contributed by atoms with E-state index in [2.05, 4.69) is 12.1 Å². The van der Waals surface area contributed by atoms with E-state index in [0.717, 1.165) is 24.9 Å². The van der Waals surface area contributed by atoms with Gasteiger partial charge in [-0.05, 0) is 50.8 Å². The van der Waals surface area contributed by atoms with E-state index in [1.807, 2.05) is 4.90 Å². The van der Waals surface area contributed by atoms with Crippen LogP contribution >= 0.6 is 0 Å². The number of carbonyl (C=O) groups is 1. The van der Waals surface area contributed by atoms with Gasteiger partial charge in [-0.3, -0.25) is 4.79 Å². The van der Waals surface area contributed by atoms with Gasteiger partial charge in [0.2, 0.25) is 5.60 Å². The van der Waals surface area contributed by atoms with E-state index >= 15 is 0 Å². The number of likely N-dealkylation sites (tertiary alicyclic amines) is 1. The van der Waals surface area contributed by atoms with Gasteiger partial charge in [-0.25, -0.2) is 4.39 Å². The van der Waals surface area contributed by atoms with Gasteiger partial charge >= 0.3 is 0 Å². The maximum absolute atomic E-state index is 13.0. The molecule has 0 unspecified atom stereocenters. The fourth-order valence-electron chi connectivity index (χ4n) is 3.16. The minimum absolute atomic E-state index is 0.000520. The Morgan fingerprint density at radius 2 is 2.09 bits per heavy atom. The smallest absolute Gasteiger partial charge is 0.269 e. The number of hydrogen-bond donors (Lipinski definition) is 0. The monoisotopic (exact) mass is 304 g/mol. The molecule has 0 bridgehead atoms. The molecule has 118 valence electrons. The highest BCUT2D eigenvalue weighted by molar-refractivity contribution is 6.05. The third kappa shape index (κ3) is 2.72. The van der Waals surface area contributed by atoms with Gasteiger partial charge in [0.1, 0.15) is 5.82 Å². The normalized spacial score (nSPS) is 28.2. The third-order valence-corrected chi connectivity index (χ3v) is 4.56. The molecule has 0 aromatic heterocycles. The molecule has 5 heteroatoms. The second-order valence-corrected chi connectivity index (χ2v) is 6.39. The lowest BCUT2D eigenvalue weighted by atomic mass is 9.92. The van der Waals surface area contributed by atoms with Crippen LogP contribution in [0, 0.1) is 5.82 Å². The summed E-state index contributed by atoms with van der Waals surface area (Å²) in [6.45, 7) is 4.65. The summed E-state index contributed by atoms with van der Waals surface area (Å²) in [7, 11) is 0. The molecule has 22 heavy (non-hydrogen) atoms. The first-order chi connectivity index (χ1) is 10.5. The fourth-order valence-corrected chi connectivity index (χ4v) is 3.16. The summed E-state index contributed by atoms with van der Waals surface area (Å²) in [6, 6.07) is 6.36. The van der Waals surface area contributed by atoms with Gasteiger partial charge in [0.15, 0.2) is 0 Å². The SMILES string of the molecule is C[C@@H]1CCCCN1C(=O)[C@]1(C)CC(c2ccc(F)cc2)=NO1. The molecule has 0 spiro atoms. The van der Waals surface area contributed by atoms with Crippen molar-refractivity contribution in [3.8, 4) is 0 Å². The maximum Gasteiger partial charge on any atom is 0.269 e. The van der Waals surface area contributed by atoms with Gasteiger partial charge in [-0.1, -0.05) is 17.3 Å². The highest BCUT2D eigenvalue weighted by Gasteiger charge is 2.45. The quantitative estimate of drug-likeness (QED) is 0.842. The summed E-state index contributed by atoms with van der Waals surface area (Å²) in [5.41, 5.74) is 0.542. The number of piperidine rings is 1. The van der Waals surface area contributed by atoms with E-state index in [0.29, 0.717) is 12.1 Å². The topological polar surface area (TPSA) is 41.9 Å². The zero-order valence-corrected chi connectivity index (χ0v) is 13.0. The molecule has 2 aliphatic heterocycles. The van der Waals surface area contributed by atoms with Crippen LogP contribution in [0.4, 0.5) is 4.39 Å². The Balaban J connectivity index is 1.73. The van der Waals surface area contributed by atoms with Gasteiger partial charge < -0.3 is 9.74 Å². The molecule has 0 aliphatic carbocycles. The van der Waals surface area contributed by atoms with E-state index in [1.54, 1.807) is 19.1 Å². The van der Waals surface area contributed by atoms with E-state index in [4.69, 9.17) is 4.84 Å². The van der Waals surface area contributed by atoms with Crippen LogP contribution in [0.2, 0.25) is 0 Å². The molecule has 0 saturated carbocycles. The summed E-state index contributed by atoms with van der Waals surface area (Å²) in [4.78, 5) is 20.2. The minimum Gasteiger partial charge on any atom is -0.379 e. The first-order valence-electron chi connectivity index (χ1n) is 7.82. The number of amides is 1. The zero-order chi connectivity index (χ0) is 15.7. The highest BCUT2D eigenvalue weighted by atomic mass is 19.1. The van der Waals surface area contributed by atoms with Gasteiger partial charge in [-0.15, -0.1) is 0 Å². The van der Waals surface area contributed by atoms with Crippen molar-refractivity contribution in [2.45, 2.75) is 51.2 Å². The summed E-state index contributed by atoms with van der Waals surface area (Å²) in [6.07, 6.45) is 3.66. The Kier molecular flexibility index (Phi) is 3.89. The predicted octanol–water partition coefficient (Wildman–Crippen LogP) is 3.11. The van der Waals surface area contributed by atoms with Crippen LogP contribution in [0.1, 0.15) is 45.1 Å². The summed E-state index contributed by atoms with van der Waals surface area (Å²) in [5, 5.41) is 4.08. The molecular formula is C17H21FN2O2. The minimum atomic E-state index is -0.949. The average Bonchev–Trinajstić information content (AvgIpc) is 2.92. The Morgan fingerprint density at radius 1 is 1.36 bits per heavy atom. The van der Waals surface area contributed by atoms with Crippen molar-refractivity contribution in [1.29, 1.82) is 0 Å². The number of carbonyl (C=O) groups excluding carboxylic acids is 1. The first-order valence-corrected chi connectivity index (χ1v) is 7.82. The molecular weight excluding hydrogens is 283 g/mol. The molecule has 2 heterocycles. The van der Waals surface area contributed by atoms with Gasteiger partial charge in [0.05, 0.1) is 5.71 Å². The average molecular weight is 304 g/mol. The fraction of sp³-hybridized carbons (Fsp3) is 0.529. The van der Waals surface area contributed by atoms with E-state index < -0.39 is 5.60 Å². The van der Waals surface area contributed by atoms with Crippen LogP contribution in [0.15, 0.2) is 29.4 Å². The number of hydrogen-bond acceptors (Lipinski definition) is 3. The van der Waals surface area contributed by atoms with Crippen LogP contribution < -0.4 is 0 Å². The molecule has 3 rings (SSSR count). The van der Waals surface area contributed by atoms with Crippen molar-refractivity contribution >= 4 is 11.6 Å². The van der Waals surface area contributed by atoms with E-state index in [9.17, 15) is 9.18 Å². The van der Waals surface area contributed by atoms with E-state index in [1.165, 1.54) is 18.6 Å². The summed E-state index contributed by atoms with van der Waals surface area (Å²) >= 11 is 0. The largest absolute Gasteiger partial charge is 0.379 e. The Bertz CT molecular complexity index is 599. The maximum atomic E-state index is 13.0. The summed E-state index contributed by atoms with van der Waals surface area (Å²) < 4.78 is 13.0. The molecule has 0 radical (unpaired) electrons. The Morgan fingerprint density at radius 3 is 2.77 bits per heavy atom. The molecule has 1 aromatic rings. The van der Waals surface area contributed by atoms with Crippen molar-refractivity contribution in [2.75, 3.05) is 6.54 Å². The number of halogens is 1. The lowest BCUT2D eigenvalue weighted by Gasteiger charge is -2.37. The van der Waals surface area contributed by atoms with E-state index in [-0.39, 0.29) is 17.8 Å². The van der Waals surface area contributed by atoms with Crippen molar-refractivity contribution < 1.29 is 14.0 Å². The second kappa shape index (κ2) is 5.71. The second-order valence-electron chi connectivity index (χ2n) is 6.39. The number of oxime groups is 1. The van der Waals surface area contributed by atoms with Crippen LogP contribution in [0.25, 0.3) is 0 Å². The molecule has 1 amide bonds. The van der Waals surface area contributed by atoms with Crippen molar-refractivity contribution in [1.82, 2.24) is 4.90 Å². The van der Waals surface area contributed by atoms with Gasteiger partial charge in [0, 0.05) is 19.0 Å².